The number of hydrogen-bond donors (Lipinski definition) is 0. The van der Waals surface area contributed by atoms with Gasteiger partial charge in [0.1, 0.15) is 6.10 Å². The number of alkyl halides is 1. The van der Waals surface area contributed by atoms with E-state index in [0.29, 0.717) is 6.42 Å². The van der Waals surface area contributed by atoms with Gasteiger partial charge in [0, 0.05) is 13.3 Å². The van der Waals surface area contributed by atoms with Crippen LogP contribution in [0.15, 0.2) is 12.2 Å². The molecule has 56 valence electrons. The van der Waals surface area contributed by atoms with Gasteiger partial charge in [0.2, 0.25) is 0 Å². The van der Waals surface area contributed by atoms with Gasteiger partial charge in [-0.05, 0) is 6.08 Å². The van der Waals surface area contributed by atoms with Crippen molar-refractivity contribution in [1.82, 2.24) is 0 Å². The van der Waals surface area contributed by atoms with Crippen molar-refractivity contribution in [2.24, 2.45) is 0 Å². The van der Waals surface area contributed by atoms with Crippen molar-refractivity contribution in [3.05, 3.63) is 12.2 Å². The molecular formula is C7H9ClO2. The van der Waals surface area contributed by atoms with Crippen LogP contribution in [0.25, 0.3) is 0 Å². The number of allylic oxidation sites excluding steroid dienone is 1. The van der Waals surface area contributed by atoms with E-state index in [1.807, 2.05) is 12.2 Å². The van der Waals surface area contributed by atoms with E-state index in [4.69, 9.17) is 16.3 Å². The fraction of sp³-hybridized carbons (Fsp3) is 0.571. The van der Waals surface area contributed by atoms with Crippen molar-refractivity contribution in [2.75, 3.05) is 0 Å². The van der Waals surface area contributed by atoms with Crippen LogP contribution in [-0.4, -0.2) is 17.5 Å². The molecule has 0 aromatic heterocycles. The van der Waals surface area contributed by atoms with Crippen LogP contribution < -0.4 is 0 Å². The van der Waals surface area contributed by atoms with Gasteiger partial charge in [0.05, 0.1) is 5.38 Å². The van der Waals surface area contributed by atoms with Gasteiger partial charge in [-0.3, -0.25) is 4.79 Å². The number of esters is 1. The molecule has 0 amide bonds. The minimum atomic E-state index is -0.250. The Morgan fingerprint density at radius 2 is 2.40 bits per heavy atom. The molecule has 0 radical (unpaired) electrons. The summed E-state index contributed by atoms with van der Waals surface area (Å²) in [5.74, 6) is -0.250. The summed E-state index contributed by atoms with van der Waals surface area (Å²) in [6, 6.07) is 0. The molecule has 2 nitrogen and oxygen atoms in total. The zero-order valence-corrected chi connectivity index (χ0v) is 6.47. The van der Waals surface area contributed by atoms with Crippen LogP contribution in [0.1, 0.15) is 13.3 Å². The molecule has 0 unspecified atom stereocenters. The summed E-state index contributed by atoms with van der Waals surface area (Å²) in [6.45, 7) is 1.40. The molecule has 0 fully saturated rings. The molecule has 0 aliphatic heterocycles. The highest BCUT2D eigenvalue weighted by atomic mass is 35.5. The van der Waals surface area contributed by atoms with Crippen LogP contribution in [0.4, 0.5) is 0 Å². The monoisotopic (exact) mass is 160 g/mol. The molecule has 1 rings (SSSR count). The predicted octanol–water partition coefficient (Wildman–Crippen LogP) is 1.49. The summed E-state index contributed by atoms with van der Waals surface area (Å²) in [5.41, 5.74) is 0. The van der Waals surface area contributed by atoms with E-state index in [1.165, 1.54) is 6.92 Å². The molecule has 1 aliphatic carbocycles. The summed E-state index contributed by atoms with van der Waals surface area (Å²) in [6.07, 6.45) is 4.27. The minimum absolute atomic E-state index is 0.0318. The van der Waals surface area contributed by atoms with E-state index in [0.717, 1.165) is 0 Å². The van der Waals surface area contributed by atoms with Crippen molar-refractivity contribution in [3.8, 4) is 0 Å². The topological polar surface area (TPSA) is 26.3 Å². The lowest BCUT2D eigenvalue weighted by Gasteiger charge is -2.07. The first-order valence-corrected chi connectivity index (χ1v) is 3.62. The Bertz CT molecular complexity index is 165. The lowest BCUT2D eigenvalue weighted by molar-refractivity contribution is -0.144. The highest BCUT2D eigenvalue weighted by molar-refractivity contribution is 6.22. The molecule has 0 bridgehead atoms. The third-order valence-corrected chi connectivity index (χ3v) is 1.63. The molecule has 0 N–H and O–H groups in total. The minimum Gasteiger partial charge on any atom is -0.458 e. The van der Waals surface area contributed by atoms with Crippen molar-refractivity contribution in [2.45, 2.75) is 24.8 Å². The molecule has 0 aromatic carbocycles. The van der Waals surface area contributed by atoms with Crippen molar-refractivity contribution < 1.29 is 9.53 Å². The molecule has 2 atom stereocenters. The highest BCUT2D eigenvalue weighted by Gasteiger charge is 2.18. The lowest BCUT2D eigenvalue weighted by Crippen LogP contribution is -2.12. The van der Waals surface area contributed by atoms with Gasteiger partial charge in [-0.1, -0.05) is 6.08 Å². The SMILES string of the molecule is CC(=O)O[C@H]1C=C[C@H](Cl)C1. The maximum Gasteiger partial charge on any atom is 0.303 e. The second kappa shape index (κ2) is 3.06. The summed E-state index contributed by atoms with van der Waals surface area (Å²) in [7, 11) is 0. The molecule has 3 heteroatoms. The zero-order chi connectivity index (χ0) is 7.56. The first-order chi connectivity index (χ1) is 4.68. The van der Waals surface area contributed by atoms with Gasteiger partial charge in [-0.2, -0.15) is 0 Å². The second-order valence-electron chi connectivity index (χ2n) is 2.28. The highest BCUT2D eigenvalue weighted by Crippen LogP contribution is 2.18. The molecule has 0 saturated carbocycles. The van der Waals surface area contributed by atoms with Gasteiger partial charge in [-0.15, -0.1) is 11.6 Å². The van der Waals surface area contributed by atoms with Crippen molar-refractivity contribution in [3.63, 3.8) is 0 Å². The fourth-order valence-electron chi connectivity index (χ4n) is 0.924. The Morgan fingerprint density at radius 3 is 2.80 bits per heavy atom. The van der Waals surface area contributed by atoms with Crippen LogP contribution in [0.5, 0.6) is 0 Å². The largest absolute Gasteiger partial charge is 0.458 e. The average Bonchev–Trinajstić information content (AvgIpc) is 2.13. The van der Waals surface area contributed by atoms with E-state index in [1.54, 1.807) is 0 Å². The van der Waals surface area contributed by atoms with Crippen LogP contribution >= 0.6 is 11.6 Å². The van der Waals surface area contributed by atoms with Gasteiger partial charge < -0.3 is 4.74 Å². The van der Waals surface area contributed by atoms with E-state index in [2.05, 4.69) is 0 Å². The number of carbonyl (C=O) groups is 1. The van der Waals surface area contributed by atoms with E-state index >= 15 is 0 Å². The number of hydrogen-bond acceptors (Lipinski definition) is 2. The molecule has 1 aliphatic rings. The summed E-state index contributed by atoms with van der Waals surface area (Å²) >= 11 is 5.71. The number of halogens is 1. The Balaban J connectivity index is 2.33. The first kappa shape index (κ1) is 7.61. The standard InChI is InChI=1S/C7H9ClO2/c1-5(9)10-7-3-2-6(8)4-7/h2-3,6-7H,4H2,1H3/t6-,7-/m0/s1. The van der Waals surface area contributed by atoms with Crippen LogP contribution in [-0.2, 0) is 9.53 Å². The zero-order valence-electron chi connectivity index (χ0n) is 5.71. The average molecular weight is 161 g/mol. The predicted molar refractivity (Wildman–Crippen MR) is 39.0 cm³/mol. The third kappa shape index (κ3) is 2.03. The third-order valence-electron chi connectivity index (χ3n) is 1.31. The number of carbonyl (C=O) groups excluding carboxylic acids is 1. The molecule has 0 aromatic rings. The van der Waals surface area contributed by atoms with E-state index in [9.17, 15) is 4.79 Å². The molecule has 0 saturated heterocycles. The van der Waals surface area contributed by atoms with Gasteiger partial charge >= 0.3 is 5.97 Å². The maximum absolute atomic E-state index is 10.4. The molecule has 0 heterocycles. The van der Waals surface area contributed by atoms with E-state index < -0.39 is 0 Å². The Kier molecular flexibility index (Phi) is 2.33. The van der Waals surface area contributed by atoms with Crippen molar-refractivity contribution >= 4 is 17.6 Å². The fourth-order valence-corrected chi connectivity index (χ4v) is 1.18. The summed E-state index contributed by atoms with van der Waals surface area (Å²) in [5, 5.41) is 0.0318. The summed E-state index contributed by atoms with van der Waals surface area (Å²) in [4.78, 5) is 10.4. The van der Waals surface area contributed by atoms with Crippen LogP contribution in [0.3, 0.4) is 0 Å². The number of ether oxygens (including phenoxy) is 1. The Morgan fingerprint density at radius 1 is 1.70 bits per heavy atom. The summed E-state index contributed by atoms with van der Waals surface area (Å²) < 4.78 is 4.87. The smallest absolute Gasteiger partial charge is 0.303 e. The maximum atomic E-state index is 10.4. The Labute approximate surface area is 64.8 Å². The lowest BCUT2D eigenvalue weighted by atomic mass is 10.3. The molecule has 0 spiro atoms. The van der Waals surface area contributed by atoms with Crippen molar-refractivity contribution in [1.29, 1.82) is 0 Å². The van der Waals surface area contributed by atoms with E-state index in [-0.39, 0.29) is 17.5 Å². The second-order valence-corrected chi connectivity index (χ2v) is 2.85. The van der Waals surface area contributed by atoms with Gasteiger partial charge in [-0.25, -0.2) is 0 Å². The van der Waals surface area contributed by atoms with Crippen LogP contribution in [0.2, 0.25) is 0 Å². The Hall–Kier alpha value is -0.500. The first-order valence-electron chi connectivity index (χ1n) is 3.18. The number of rotatable bonds is 1. The van der Waals surface area contributed by atoms with Gasteiger partial charge in [0.25, 0.3) is 0 Å². The van der Waals surface area contributed by atoms with Gasteiger partial charge in [0.15, 0.2) is 0 Å². The quantitative estimate of drug-likeness (QED) is 0.330. The normalized spacial score (nSPS) is 30.6. The van der Waals surface area contributed by atoms with Crippen LogP contribution in [0, 0.1) is 0 Å². The molecule has 10 heavy (non-hydrogen) atoms. The molecular weight excluding hydrogens is 152 g/mol.